The lowest BCUT2D eigenvalue weighted by Crippen LogP contribution is -2.24. The maximum Gasteiger partial charge on any atom is 0.197 e. The van der Waals surface area contributed by atoms with Crippen LogP contribution in [0.1, 0.15) is 53.3 Å². The third kappa shape index (κ3) is 3.32. The van der Waals surface area contributed by atoms with E-state index in [2.05, 4.69) is 0 Å². The highest BCUT2D eigenvalue weighted by Crippen LogP contribution is 2.35. The zero-order chi connectivity index (χ0) is 22.1. The SMILES string of the molecule is O=C1c2ccccc2C(=O)c2c1ccc(OCc1ccccc1)c2C(=O)c1ccccc1. The molecule has 154 valence electrons. The molecule has 0 saturated carbocycles. The fourth-order valence-corrected chi connectivity index (χ4v) is 3.98. The van der Waals surface area contributed by atoms with Crippen molar-refractivity contribution in [2.24, 2.45) is 0 Å². The van der Waals surface area contributed by atoms with Gasteiger partial charge in [-0.2, -0.15) is 0 Å². The summed E-state index contributed by atoms with van der Waals surface area (Å²) >= 11 is 0. The topological polar surface area (TPSA) is 60.4 Å². The van der Waals surface area contributed by atoms with Gasteiger partial charge in [0.25, 0.3) is 0 Å². The first kappa shape index (κ1) is 19.6. The minimum Gasteiger partial charge on any atom is -0.488 e. The number of hydrogen-bond acceptors (Lipinski definition) is 4. The van der Waals surface area contributed by atoms with Crippen molar-refractivity contribution in [3.63, 3.8) is 0 Å². The van der Waals surface area contributed by atoms with E-state index in [-0.39, 0.29) is 46.4 Å². The number of carbonyl (C=O) groups excluding carboxylic acids is 3. The second-order valence-corrected chi connectivity index (χ2v) is 7.53. The van der Waals surface area contributed by atoms with Crippen molar-refractivity contribution in [1.29, 1.82) is 0 Å². The summed E-state index contributed by atoms with van der Waals surface area (Å²) in [4.78, 5) is 40.2. The molecule has 0 saturated heterocycles. The van der Waals surface area contributed by atoms with Crippen LogP contribution in [0.5, 0.6) is 5.75 Å². The van der Waals surface area contributed by atoms with Crippen molar-refractivity contribution in [1.82, 2.24) is 0 Å². The standard InChI is InChI=1S/C28H18O4/c29-26(19-11-5-2-6-12-19)25-23(32-17-18-9-3-1-4-10-18)16-15-22-24(25)28(31)21-14-8-7-13-20(21)27(22)30/h1-16H,17H2. The molecule has 5 rings (SSSR count). The molecule has 1 aliphatic carbocycles. The van der Waals surface area contributed by atoms with Crippen LogP contribution in [-0.2, 0) is 6.61 Å². The highest BCUT2D eigenvalue weighted by atomic mass is 16.5. The van der Waals surface area contributed by atoms with Crippen LogP contribution in [-0.4, -0.2) is 17.3 Å². The second kappa shape index (κ2) is 8.08. The molecule has 4 aromatic rings. The quantitative estimate of drug-likeness (QED) is 0.365. The first-order chi connectivity index (χ1) is 15.6. The van der Waals surface area contributed by atoms with Gasteiger partial charge in [0, 0.05) is 27.8 Å². The molecule has 4 nitrogen and oxygen atoms in total. The van der Waals surface area contributed by atoms with Gasteiger partial charge in [-0.15, -0.1) is 0 Å². The van der Waals surface area contributed by atoms with Gasteiger partial charge >= 0.3 is 0 Å². The molecule has 0 heterocycles. The zero-order valence-electron chi connectivity index (χ0n) is 17.1. The Bertz CT molecular complexity index is 1360. The Morgan fingerprint density at radius 1 is 0.625 bits per heavy atom. The van der Waals surface area contributed by atoms with Crippen molar-refractivity contribution in [3.05, 3.63) is 136 Å². The predicted molar refractivity (Wildman–Crippen MR) is 120 cm³/mol. The Kier molecular flexibility index (Phi) is 4.96. The molecule has 0 unspecified atom stereocenters. The molecule has 0 aromatic heterocycles. The van der Waals surface area contributed by atoms with E-state index in [0.717, 1.165) is 5.56 Å². The molecule has 0 amide bonds. The van der Waals surface area contributed by atoms with Gasteiger partial charge in [0.2, 0.25) is 0 Å². The van der Waals surface area contributed by atoms with Crippen molar-refractivity contribution in [2.75, 3.05) is 0 Å². The Hall–Kier alpha value is -4.31. The fraction of sp³-hybridized carbons (Fsp3) is 0.0357. The zero-order valence-corrected chi connectivity index (χ0v) is 17.1. The largest absolute Gasteiger partial charge is 0.488 e. The van der Waals surface area contributed by atoms with Crippen LogP contribution >= 0.6 is 0 Å². The van der Waals surface area contributed by atoms with E-state index in [9.17, 15) is 14.4 Å². The number of ether oxygens (including phenoxy) is 1. The summed E-state index contributed by atoms with van der Waals surface area (Å²) in [6, 6.07) is 28.1. The third-order valence-electron chi connectivity index (χ3n) is 5.56. The second-order valence-electron chi connectivity index (χ2n) is 7.53. The molecule has 0 atom stereocenters. The molecular formula is C28H18O4. The summed E-state index contributed by atoms with van der Waals surface area (Å²) in [5, 5.41) is 0. The highest BCUT2D eigenvalue weighted by Gasteiger charge is 2.35. The van der Waals surface area contributed by atoms with Gasteiger partial charge in [-0.1, -0.05) is 84.9 Å². The summed E-state index contributed by atoms with van der Waals surface area (Å²) in [6.45, 7) is 0.230. The van der Waals surface area contributed by atoms with Gasteiger partial charge in [0.15, 0.2) is 17.3 Å². The van der Waals surface area contributed by atoms with Crippen molar-refractivity contribution in [2.45, 2.75) is 6.61 Å². The van der Waals surface area contributed by atoms with E-state index < -0.39 is 0 Å². The minimum atomic E-state index is -0.356. The van der Waals surface area contributed by atoms with Gasteiger partial charge in [-0.05, 0) is 17.7 Å². The van der Waals surface area contributed by atoms with Gasteiger partial charge in [-0.25, -0.2) is 0 Å². The molecule has 0 radical (unpaired) electrons. The number of hydrogen-bond donors (Lipinski definition) is 0. The van der Waals surface area contributed by atoms with Gasteiger partial charge in [-0.3, -0.25) is 14.4 Å². The summed E-state index contributed by atoms with van der Waals surface area (Å²) < 4.78 is 6.02. The Morgan fingerprint density at radius 3 is 1.91 bits per heavy atom. The van der Waals surface area contributed by atoms with Crippen molar-refractivity contribution in [3.8, 4) is 5.75 Å². The van der Waals surface area contributed by atoms with E-state index in [1.807, 2.05) is 36.4 Å². The van der Waals surface area contributed by atoms with Crippen LogP contribution in [0.3, 0.4) is 0 Å². The third-order valence-corrected chi connectivity index (χ3v) is 5.56. The molecule has 4 heteroatoms. The molecule has 32 heavy (non-hydrogen) atoms. The van der Waals surface area contributed by atoms with Crippen LogP contribution < -0.4 is 4.74 Å². The smallest absolute Gasteiger partial charge is 0.197 e. The average Bonchev–Trinajstić information content (AvgIpc) is 2.86. The maximum atomic E-state index is 13.6. The number of carbonyl (C=O) groups is 3. The lowest BCUT2D eigenvalue weighted by molar-refractivity contribution is 0.0969. The molecular weight excluding hydrogens is 400 g/mol. The number of benzene rings is 4. The number of ketones is 3. The maximum absolute atomic E-state index is 13.6. The van der Waals surface area contributed by atoms with Crippen LogP contribution in [0.2, 0.25) is 0 Å². The van der Waals surface area contributed by atoms with E-state index in [1.165, 1.54) is 0 Å². The Balaban J connectivity index is 1.67. The van der Waals surface area contributed by atoms with E-state index >= 15 is 0 Å². The van der Waals surface area contributed by atoms with Crippen LogP contribution in [0.15, 0.2) is 97.1 Å². The highest BCUT2D eigenvalue weighted by molar-refractivity contribution is 6.32. The Labute approximate surface area is 185 Å². The van der Waals surface area contributed by atoms with E-state index in [1.54, 1.807) is 60.7 Å². The minimum absolute atomic E-state index is 0.105. The first-order valence-electron chi connectivity index (χ1n) is 10.3. The van der Waals surface area contributed by atoms with Gasteiger partial charge in [0.05, 0.1) is 5.56 Å². The van der Waals surface area contributed by atoms with Gasteiger partial charge in [0.1, 0.15) is 12.4 Å². The van der Waals surface area contributed by atoms with Gasteiger partial charge < -0.3 is 4.74 Å². The monoisotopic (exact) mass is 418 g/mol. The predicted octanol–water partition coefficient (Wildman–Crippen LogP) is 5.27. The fourth-order valence-electron chi connectivity index (χ4n) is 3.98. The Morgan fingerprint density at radius 2 is 1.22 bits per heavy atom. The molecule has 1 aliphatic rings. The first-order valence-corrected chi connectivity index (χ1v) is 10.3. The summed E-state index contributed by atoms with van der Waals surface area (Å²) in [5.41, 5.74) is 2.44. The molecule has 0 N–H and O–H groups in total. The summed E-state index contributed by atoms with van der Waals surface area (Å²) in [7, 11) is 0. The lowest BCUT2D eigenvalue weighted by atomic mass is 9.80. The van der Waals surface area contributed by atoms with Crippen molar-refractivity contribution < 1.29 is 19.1 Å². The summed E-state index contributed by atoms with van der Waals surface area (Å²) in [6.07, 6.45) is 0. The summed E-state index contributed by atoms with van der Waals surface area (Å²) in [5.74, 6) is -0.695. The number of rotatable bonds is 5. The molecule has 4 aromatic carbocycles. The van der Waals surface area contributed by atoms with Crippen LogP contribution in [0.25, 0.3) is 0 Å². The molecule has 0 fully saturated rings. The van der Waals surface area contributed by atoms with E-state index in [0.29, 0.717) is 16.7 Å². The van der Waals surface area contributed by atoms with Crippen LogP contribution in [0, 0.1) is 0 Å². The molecule has 0 aliphatic heterocycles. The number of fused-ring (bicyclic) bond motifs is 2. The lowest BCUT2D eigenvalue weighted by Gasteiger charge is -2.22. The van der Waals surface area contributed by atoms with Crippen molar-refractivity contribution >= 4 is 17.3 Å². The van der Waals surface area contributed by atoms with Crippen LogP contribution in [0.4, 0.5) is 0 Å². The van der Waals surface area contributed by atoms with E-state index in [4.69, 9.17) is 4.74 Å². The normalized spacial score (nSPS) is 12.1. The molecule has 0 bridgehead atoms. The molecule has 0 spiro atoms. The average molecular weight is 418 g/mol.